The maximum atomic E-state index is 12.7. The molecule has 0 bridgehead atoms. The number of ether oxygens (including phenoxy) is 1. The zero-order valence-corrected chi connectivity index (χ0v) is 14.9. The van der Waals surface area contributed by atoms with Gasteiger partial charge in [-0.05, 0) is 33.6 Å². The molecule has 0 radical (unpaired) electrons. The standard InChI is InChI=1S/C17H27N3O4/c1-12(2)19(4)16(21)7-8-20(11-14-6-5-9-23-14)17(22)15-10-13(3)24-18-15/h10,12,14H,5-9,11H2,1-4H3. The van der Waals surface area contributed by atoms with Crippen LogP contribution in [-0.2, 0) is 9.53 Å². The van der Waals surface area contributed by atoms with Gasteiger partial charge in [0.2, 0.25) is 5.91 Å². The Morgan fingerprint density at radius 1 is 1.42 bits per heavy atom. The zero-order valence-electron chi connectivity index (χ0n) is 14.9. The first-order valence-electron chi connectivity index (χ1n) is 8.48. The Kier molecular flexibility index (Phi) is 6.36. The van der Waals surface area contributed by atoms with Gasteiger partial charge in [-0.3, -0.25) is 9.59 Å². The van der Waals surface area contributed by atoms with Gasteiger partial charge >= 0.3 is 0 Å². The predicted octanol–water partition coefficient (Wildman–Crippen LogP) is 1.86. The minimum atomic E-state index is -0.220. The molecule has 1 aromatic rings. The number of carbonyl (C=O) groups is 2. The van der Waals surface area contributed by atoms with E-state index >= 15 is 0 Å². The predicted molar refractivity (Wildman–Crippen MR) is 88.6 cm³/mol. The van der Waals surface area contributed by atoms with E-state index in [1.807, 2.05) is 13.8 Å². The minimum Gasteiger partial charge on any atom is -0.376 e. The number of hydrogen-bond donors (Lipinski definition) is 0. The van der Waals surface area contributed by atoms with E-state index < -0.39 is 0 Å². The van der Waals surface area contributed by atoms with E-state index in [1.54, 1.807) is 29.8 Å². The van der Waals surface area contributed by atoms with Gasteiger partial charge in [-0.2, -0.15) is 0 Å². The van der Waals surface area contributed by atoms with Gasteiger partial charge in [-0.15, -0.1) is 0 Å². The van der Waals surface area contributed by atoms with Crippen LogP contribution < -0.4 is 0 Å². The van der Waals surface area contributed by atoms with Crippen molar-refractivity contribution in [2.24, 2.45) is 0 Å². The van der Waals surface area contributed by atoms with Crippen molar-refractivity contribution in [3.8, 4) is 0 Å². The third-order valence-electron chi connectivity index (χ3n) is 4.35. The van der Waals surface area contributed by atoms with Gasteiger partial charge in [0.05, 0.1) is 6.10 Å². The van der Waals surface area contributed by atoms with Gasteiger partial charge in [0, 0.05) is 45.3 Å². The SMILES string of the molecule is Cc1cc(C(=O)N(CCC(=O)N(C)C(C)C)CC2CCCO2)no1. The molecule has 1 saturated heterocycles. The fraction of sp³-hybridized carbons (Fsp3) is 0.706. The highest BCUT2D eigenvalue weighted by atomic mass is 16.5. The molecule has 0 aliphatic carbocycles. The second-order valence-electron chi connectivity index (χ2n) is 6.56. The summed E-state index contributed by atoms with van der Waals surface area (Å²) in [6, 6.07) is 1.76. The fourth-order valence-electron chi connectivity index (χ4n) is 2.63. The van der Waals surface area contributed by atoms with Crippen LogP contribution in [0.2, 0.25) is 0 Å². The van der Waals surface area contributed by atoms with E-state index in [9.17, 15) is 9.59 Å². The van der Waals surface area contributed by atoms with Crippen LogP contribution in [0.25, 0.3) is 0 Å². The fourth-order valence-corrected chi connectivity index (χ4v) is 2.63. The smallest absolute Gasteiger partial charge is 0.276 e. The van der Waals surface area contributed by atoms with Crippen LogP contribution in [0.5, 0.6) is 0 Å². The summed E-state index contributed by atoms with van der Waals surface area (Å²) in [5.41, 5.74) is 0.273. The van der Waals surface area contributed by atoms with Gasteiger partial charge in [-0.25, -0.2) is 0 Å². The Morgan fingerprint density at radius 3 is 2.71 bits per heavy atom. The second-order valence-corrected chi connectivity index (χ2v) is 6.56. The first-order valence-corrected chi connectivity index (χ1v) is 8.48. The summed E-state index contributed by atoms with van der Waals surface area (Å²) in [6.45, 7) is 7.22. The lowest BCUT2D eigenvalue weighted by molar-refractivity contribution is -0.131. The van der Waals surface area contributed by atoms with Gasteiger partial charge in [0.25, 0.3) is 5.91 Å². The van der Waals surface area contributed by atoms with E-state index in [0.29, 0.717) is 18.8 Å². The summed E-state index contributed by atoms with van der Waals surface area (Å²) in [5, 5.41) is 3.80. The molecule has 24 heavy (non-hydrogen) atoms. The van der Waals surface area contributed by atoms with Crippen molar-refractivity contribution < 1.29 is 18.8 Å². The van der Waals surface area contributed by atoms with E-state index in [2.05, 4.69) is 5.16 Å². The van der Waals surface area contributed by atoms with Gasteiger partial charge in [0.1, 0.15) is 5.76 Å². The maximum absolute atomic E-state index is 12.7. The van der Waals surface area contributed by atoms with Crippen molar-refractivity contribution >= 4 is 11.8 Å². The average molecular weight is 337 g/mol. The van der Waals surface area contributed by atoms with Crippen molar-refractivity contribution in [1.29, 1.82) is 0 Å². The average Bonchev–Trinajstić information content (AvgIpc) is 3.21. The molecule has 7 heteroatoms. The summed E-state index contributed by atoms with van der Waals surface area (Å²) >= 11 is 0. The second kappa shape index (κ2) is 8.28. The van der Waals surface area contributed by atoms with E-state index in [4.69, 9.17) is 9.26 Å². The van der Waals surface area contributed by atoms with E-state index in [-0.39, 0.29) is 36.1 Å². The molecule has 0 N–H and O–H groups in total. The third kappa shape index (κ3) is 4.80. The number of carbonyl (C=O) groups excluding carboxylic acids is 2. The summed E-state index contributed by atoms with van der Waals surface area (Å²) < 4.78 is 10.6. The molecule has 0 aromatic carbocycles. The van der Waals surface area contributed by atoms with Crippen molar-refractivity contribution in [2.45, 2.75) is 52.2 Å². The maximum Gasteiger partial charge on any atom is 0.276 e. The van der Waals surface area contributed by atoms with Crippen molar-refractivity contribution in [2.75, 3.05) is 26.7 Å². The Hall–Kier alpha value is -1.89. The first-order chi connectivity index (χ1) is 11.4. The van der Waals surface area contributed by atoms with Gasteiger partial charge in [0.15, 0.2) is 5.69 Å². The summed E-state index contributed by atoms with van der Waals surface area (Å²) in [7, 11) is 1.78. The molecular weight excluding hydrogens is 310 g/mol. The third-order valence-corrected chi connectivity index (χ3v) is 4.35. The number of nitrogens with zero attached hydrogens (tertiary/aromatic N) is 3. The molecular formula is C17H27N3O4. The van der Waals surface area contributed by atoms with Crippen LogP contribution >= 0.6 is 0 Å². The Bertz CT molecular complexity index is 564. The van der Waals surface area contributed by atoms with E-state index in [1.165, 1.54) is 0 Å². The highest BCUT2D eigenvalue weighted by Gasteiger charge is 2.26. The van der Waals surface area contributed by atoms with Gasteiger partial charge < -0.3 is 19.1 Å². The van der Waals surface area contributed by atoms with Crippen molar-refractivity contribution in [1.82, 2.24) is 15.0 Å². The van der Waals surface area contributed by atoms with E-state index in [0.717, 1.165) is 19.4 Å². The van der Waals surface area contributed by atoms with Crippen molar-refractivity contribution in [3.05, 3.63) is 17.5 Å². The van der Waals surface area contributed by atoms with Gasteiger partial charge in [-0.1, -0.05) is 5.16 Å². The minimum absolute atomic E-state index is 0.0199. The lowest BCUT2D eigenvalue weighted by Crippen LogP contribution is -2.41. The molecule has 1 unspecified atom stereocenters. The molecule has 1 aliphatic heterocycles. The highest BCUT2D eigenvalue weighted by Crippen LogP contribution is 2.16. The number of hydrogen-bond acceptors (Lipinski definition) is 5. The Balaban J connectivity index is 2.02. The Labute approximate surface area is 142 Å². The first kappa shape index (κ1) is 18.4. The summed E-state index contributed by atoms with van der Waals surface area (Å²) in [6.07, 6.45) is 2.25. The quantitative estimate of drug-likeness (QED) is 0.759. The molecule has 2 amide bonds. The zero-order chi connectivity index (χ0) is 17.7. The summed E-state index contributed by atoms with van der Waals surface area (Å²) in [4.78, 5) is 28.2. The lowest BCUT2D eigenvalue weighted by atomic mass is 10.2. The largest absolute Gasteiger partial charge is 0.376 e. The molecule has 0 spiro atoms. The lowest BCUT2D eigenvalue weighted by Gasteiger charge is -2.26. The number of aryl methyl sites for hydroxylation is 1. The molecule has 1 atom stereocenters. The van der Waals surface area contributed by atoms with Crippen LogP contribution in [0.3, 0.4) is 0 Å². The van der Waals surface area contributed by atoms with Crippen molar-refractivity contribution in [3.63, 3.8) is 0 Å². The van der Waals surface area contributed by atoms with Crippen LogP contribution in [0.1, 0.15) is 49.4 Å². The molecule has 0 saturated carbocycles. The highest BCUT2D eigenvalue weighted by molar-refractivity contribution is 5.92. The number of rotatable bonds is 7. The summed E-state index contributed by atoms with van der Waals surface area (Å²) in [5.74, 6) is 0.389. The number of amides is 2. The molecule has 1 fully saturated rings. The number of aromatic nitrogens is 1. The molecule has 134 valence electrons. The van der Waals surface area contributed by atoms with Crippen LogP contribution in [0, 0.1) is 6.92 Å². The van der Waals surface area contributed by atoms with Crippen LogP contribution in [-0.4, -0.2) is 65.7 Å². The monoisotopic (exact) mass is 337 g/mol. The molecule has 7 nitrogen and oxygen atoms in total. The van der Waals surface area contributed by atoms with Crippen LogP contribution in [0.4, 0.5) is 0 Å². The molecule has 1 aliphatic rings. The Morgan fingerprint density at radius 2 is 2.17 bits per heavy atom. The molecule has 2 rings (SSSR count). The topological polar surface area (TPSA) is 75.9 Å². The van der Waals surface area contributed by atoms with Crippen LogP contribution in [0.15, 0.2) is 10.6 Å². The molecule has 2 heterocycles. The molecule has 1 aromatic heterocycles. The normalized spacial score (nSPS) is 17.3.